The monoisotopic (exact) mass is 156 g/mol. The zero-order chi connectivity index (χ0) is 8.55. The number of fused-ring (bicyclic) bond motifs is 1. The number of carbonyl (C=O) groups is 1. The van der Waals surface area contributed by atoms with Crippen LogP contribution < -0.4 is 0 Å². The number of benzene rings is 1. The summed E-state index contributed by atoms with van der Waals surface area (Å²) in [6, 6.07) is 7.03. The van der Waals surface area contributed by atoms with Gasteiger partial charge in [0.05, 0.1) is 17.2 Å². The van der Waals surface area contributed by atoms with Gasteiger partial charge in [-0.3, -0.25) is 4.79 Å². The number of carbonyl (C=O) groups excluding carboxylic acids is 1. The van der Waals surface area contributed by atoms with Gasteiger partial charge in [-0.15, -0.1) is 0 Å². The predicted molar refractivity (Wildman–Crippen MR) is 43.1 cm³/mol. The Balaban J connectivity index is 2.75. The van der Waals surface area contributed by atoms with E-state index in [1.807, 2.05) is 6.07 Å². The minimum atomic E-state index is -0.262. The zero-order valence-electron chi connectivity index (χ0n) is 6.11. The molecule has 0 saturated heterocycles. The van der Waals surface area contributed by atoms with Crippen molar-refractivity contribution in [2.24, 2.45) is 4.99 Å². The molecule has 1 heterocycles. The second-order valence-electron chi connectivity index (χ2n) is 2.44. The van der Waals surface area contributed by atoms with Gasteiger partial charge in [0.1, 0.15) is 0 Å². The Morgan fingerprint density at radius 3 is 3.00 bits per heavy atom. The van der Waals surface area contributed by atoms with Crippen molar-refractivity contribution in [1.29, 1.82) is 5.26 Å². The molecule has 1 aliphatic heterocycles. The summed E-state index contributed by atoms with van der Waals surface area (Å²) in [5.41, 5.74) is 1.67. The molecule has 56 valence electrons. The summed E-state index contributed by atoms with van der Waals surface area (Å²) in [4.78, 5) is 14.6. The van der Waals surface area contributed by atoms with Crippen LogP contribution in [-0.2, 0) is 0 Å². The van der Waals surface area contributed by atoms with Gasteiger partial charge in [-0.25, -0.2) is 4.99 Å². The third-order valence-corrected chi connectivity index (χ3v) is 1.77. The number of nitrogens with zero attached hydrogens (tertiary/aromatic N) is 2. The van der Waals surface area contributed by atoms with Crippen molar-refractivity contribution in [3.63, 3.8) is 0 Å². The van der Waals surface area contributed by atoms with Crippen LogP contribution in [0.1, 0.15) is 21.5 Å². The summed E-state index contributed by atoms with van der Waals surface area (Å²) < 4.78 is 0. The van der Waals surface area contributed by atoms with Crippen LogP contribution in [0.15, 0.2) is 23.2 Å². The summed E-state index contributed by atoms with van der Waals surface area (Å²) in [5, 5.41) is 8.67. The maximum Gasteiger partial charge on any atom is 0.277 e. The Hall–Kier alpha value is -1.95. The number of nitriles is 1. The molecule has 12 heavy (non-hydrogen) atoms. The van der Waals surface area contributed by atoms with Crippen molar-refractivity contribution >= 4 is 12.1 Å². The van der Waals surface area contributed by atoms with E-state index in [1.54, 1.807) is 18.2 Å². The normalized spacial score (nSPS) is 12.8. The van der Waals surface area contributed by atoms with Crippen LogP contribution in [0, 0.1) is 11.3 Å². The Bertz CT molecular complexity index is 427. The quantitative estimate of drug-likeness (QED) is 0.565. The van der Waals surface area contributed by atoms with Crippen LogP contribution in [0.25, 0.3) is 0 Å². The van der Waals surface area contributed by atoms with Crippen molar-refractivity contribution in [2.75, 3.05) is 0 Å². The van der Waals surface area contributed by atoms with Gasteiger partial charge in [-0.2, -0.15) is 5.26 Å². The first-order chi connectivity index (χ1) is 5.83. The van der Waals surface area contributed by atoms with Crippen LogP contribution >= 0.6 is 0 Å². The summed E-state index contributed by atoms with van der Waals surface area (Å²) in [7, 11) is 0. The van der Waals surface area contributed by atoms with Crippen LogP contribution in [0.3, 0.4) is 0 Å². The van der Waals surface area contributed by atoms with Crippen molar-refractivity contribution in [3.05, 3.63) is 34.9 Å². The van der Waals surface area contributed by atoms with Crippen LogP contribution in [0.2, 0.25) is 0 Å². The molecule has 2 rings (SSSR count). The molecule has 1 aromatic carbocycles. The van der Waals surface area contributed by atoms with Gasteiger partial charge in [0.25, 0.3) is 5.91 Å². The molecule has 0 aromatic heterocycles. The second kappa shape index (κ2) is 2.28. The van der Waals surface area contributed by atoms with Gasteiger partial charge >= 0.3 is 0 Å². The minimum Gasteiger partial charge on any atom is -0.267 e. The van der Waals surface area contributed by atoms with Crippen LogP contribution in [0.4, 0.5) is 0 Å². The molecule has 0 aliphatic carbocycles. The van der Waals surface area contributed by atoms with E-state index >= 15 is 0 Å². The molecule has 0 atom stereocenters. The van der Waals surface area contributed by atoms with E-state index in [0.717, 1.165) is 0 Å². The third-order valence-electron chi connectivity index (χ3n) is 1.77. The molecular formula is C9H4N2O. The van der Waals surface area contributed by atoms with Gasteiger partial charge < -0.3 is 0 Å². The van der Waals surface area contributed by atoms with E-state index < -0.39 is 0 Å². The lowest BCUT2D eigenvalue weighted by Crippen LogP contribution is -1.93. The van der Waals surface area contributed by atoms with Crippen molar-refractivity contribution in [1.82, 2.24) is 0 Å². The van der Waals surface area contributed by atoms with Gasteiger partial charge in [0.2, 0.25) is 0 Å². The van der Waals surface area contributed by atoms with Gasteiger partial charge in [-0.1, -0.05) is 6.07 Å². The average molecular weight is 156 g/mol. The lowest BCUT2D eigenvalue weighted by molar-refractivity contribution is 0.101. The summed E-state index contributed by atoms with van der Waals surface area (Å²) in [6.45, 7) is 0. The zero-order valence-corrected chi connectivity index (χ0v) is 6.11. The Kier molecular flexibility index (Phi) is 1.28. The fourth-order valence-corrected chi connectivity index (χ4v) is 1.18. The fraction of sp³-hybridized carbons (Fsp3) is 0. The molecule has 1 aromatic rings. The summed E-state index contributed by atoms with van der Waals surface area (Å²) in [6.07, 6.45) is 1.44. The summed E-state index contributed by atoms with van der Waals surface area (Å²) in [5.74, 6) is -0.262. The van der Waals surface area contributed by atoms with Crippen molar-refractivity contribution < 1.29 is 4.79 Å². The lowest BCUT2D eigenvalue weighted by atomic mass is 10.0. The maximum absolute atomic E-state index is 11.0. The first-order valence-electron chi connectivity index (χ1n) is 3.44. The average Bonchev–Trinajstić information content (AvgIpc) is 2.48. The van der Waals surface area contributed by atoms with Gasteiger partial charge in [0, 0.05) is 11.8 Å². The molecule has 1 amide bonds. The van der Waals surface area contributed by atoms with Crippen molar-refractivity contribution in [3.8, 4) is 6.07 Å². The number of amides is 1. The smallest absolute Gasteiger partial charge is 0.267 e. The first-order valence-corrected chi connectivity index (χ1v) is 3.44. The van der Waals surface area contributed by atoms with Crippen LogP contribution in [-0.4, -0.2) is 12.1 Å². The van der Waals surface area contributed by atoms with E-state index in [0.29, 0.717) is 16.7 Å². The Labute approximate surface area is 69.0 Å². The SMILES string of the molecule is N#Cc1cccc2c1C=NC2=O. The molecule has 0 saturated carbocycles. The van der Waals surface area contributed by atoms with E-state index in [-0.39, 0.29) is 5.91 Å². The topological polar surface area (TPSA) is 53.2 Å². The molecule has 0 unspecified atom stereocenters. The molecule has 0 fully saturated rings. The molecule has 0 N–H and O–H groups in total. The van der Waals surface area contributed by atoms with E-state index in [2.05, 4.69) is 4.99 Å². The maximum atomic E-state index is 11.0. The summed E-state index contributed by atoms with van der Waals surface area (Å²) >= 11 is 0. The van der Waals surface area contributed by atoms with E-state index in [1.165, 1.54) is 6.21 Å². The Morgan fingerprint density at radius 1 is 1.42 bits per heavy atom. The van der Waals surface area contributed by atoms with Crippen molar-refractivity contribution in [2.45, 2.75) is 0 Å². The van der Waals surface area contributed by atoms with E-state index in [4.69, 9.17) is 5.26 Å². The molecule has 0 spiro atoms. The Morgan fingerprint density at radius 2 is 2.25 bits per heavy atom. The fourth-order valence-electron chi connectivity index (χ4n) is 1.18. The van der Waals surface area contributed by atoms with Gasteiger partial charge in [0.15, 0.2) is 0 Å². The second-order valence-corrected chi connectivity index (χ2v) is 2.44. The highest BCUT2D eigenvalue weighted by Crippen LogP contribution is 2.17. The minimum absolute atomic E-state index is 0.262. The molecule has 0 radical (unpaired) electrons. The number of hydrogen-bond acceptors (Lipinski definition) is 2. The highest BCUT2D eigenvalue weighted by molar-refractivity contribution is 6.13. The molecule has 1 aliphatic rings. The first kappa shape index (κ1) is 6.74. The third kappa shape index (κ3) is 0.753. The molecule has 0 bridgehead atoms. The molecular weight excluding hydrogens is 152 g/mol. The van der Waals surface area contributed by atoms with E-state index in [9.17, 15) is 4.79 Å². The highest BCUT2D eigenvalue weighted by Gasteiger charge is 2.17. The standard InChI is InChI=1S/C9H4N2O/c10-4-6-2-1-3-7-8(6)5-11-9(7)12/h1-3,5H. The number of rotatable bonds is 0. The number of hydrogen-bond donors (Lipinski definition) is 0. The van der Waals surface area contributed by atoms with Gasteiger partial charge in [-0.05, 0) is 12.1 Å². The lowest BCUT2D eigenvalue weighted by Gasteiger charge is -1.95. The largest absolute Gasteiger partial charge is 0.277 e. The molecule has 3 heteroatoms. The predicted octanol–water partition coefficient (Wildman–Crippen LogP) is 1.13. The number of aliphatic imine (C=N–C) groups is 1. The highest BCUT2D eigenvalue weighted by atomic mass is 16.1. The molecule has 3 nitrogen and oxygen atoms in total. The van der Waals surface area contributed by atoms with Crippen LogP contribution in [0.5, 0.6) is 0 Å².